The Morgan fingerprint density at radius 1 is 1.20 bits per heavy atom. The van der Waals surface area contributed by atoms with Gasteiger partial charge in [0.05, 0.1) is 19.9 Å². The zero-order valence-corrected chi connectivity index (χ0v) is 8.89. The van der Waals surface area contributed by atoms with Crippen molar-refractivity contribution in [3.05, 3.63) is 24.0 Å². The van der Waals surface area contributed by atoms with Crippen LogP contribution in [0.3, 0.4) is 0 Å². The van der Waals surface area contributed by atoms with Gasteiger partial charge < -0.3 is 0 Å². The second-order valence-corrected chi connectivity index (χ2v) is 13.0. The van der Waals surface area contributed by atoms with Crippen LogP contribution >= 0.6 is 31.1 Å². The van der Waals surface area contributed by atoms with Crippen molar-refractivity contribution >= 4 is 31.1 Å². The fourth-order valence-electron chi connectivity index (χ4n) is 0.673. The fraction of sp³-hybridized carbons (Fsp3) is 0. The molecule has 10 heavy (non-hydrogen) atoms. The Bertz CT molecular complexity index is 231. The lowest BCUT2D eigenvalue weighted by atomic mass is 11.0. The van der Waals surface area contributed by atoms with E-state index in [4.69, 9.17) is 0 Å². The Labute approximate surface area is 65.1 Å². The Kier molecular flexibility index (Phi) is 2.47. The zero-order valence-electron chi connectivity index (χ0n) is 5.10. The predicted molar refractivity (Wildman–Crippen MR) is 52.8 cm³/mol. The summed E-state index contributed by atoms with van der Waals surface area (Å²) >= 11 is 0. The van der Waals surface area contributed by atoms with Crippen molar-refractivity contribution in [3.63, 3.8) is 0 Å². The van der Waals surface area contributed by atoms with Crippen molar-refractivity contribution in [1.29, 1.82) is 0 Å². The van der Waals surface area contributed by atoms with Crippen molar-refractivity contribution in [1.82, 2.24) is 9.49 Å². The molecule has 1 aliphatic rings. The van der Waals surface area contributed by atoms with Gasteiger partial charge >= 0.3 is 0 Å². The predicted octanol–water partition coefficient (Wildman–Crippen LogP) is 3.38. The molecule has 3 atom stereocenters. The van der Waals surface area contributed by atoms with E-state index in [0.29, 0.717) is 0 Å². The molecule has 0 aromatic carbocycles. The van der Waals surface area contributed by atoms with Crippen LogP contribution in [-0.2, 0) is 0 Å². The van der Waals surface area contributed by atoms with E-state index in [2.05, 4.69) is 21.1 Å². The molecule has 0 saturated heterocycles. The molecule has 0 N–H and O–H groups in total. The van der Waals surface area contributed by atoms with Crippen molar-refractivity contribution in [2.75, 3.05) is 0 Å². The monoisotopic (exact) mass is 206 g/mol. The largest absolute Gasteiger partial charge is 0.220 e. The molecular weight excluding hydrogens is 200 g/mol. The molecule has 52 valence electrons. The van der Waals surface area contributed by atoms with Crippen LogP contribution in [0, 0.1) is 0 Å². The third-order valence-corrected chi connectivity index (χ3v) is 15.3. The maximum Gasteiger partial charge on any atom is 0.0974 e. The summed E-state index contributed by atoms with van der Waals surface area (Å²) in [6.07, 6.45) is 3.68. The summed E-state index contributed by atoms with van der Waals surface area (Å²) in [7, 11) is 1.95. The Hall–Kier alpha value is 0.670. The summed E-state index contributed by atoms with van der Waals surface area (Å²) in [5.41, 5.74) is 0. The average Bonchev–Trinajstić information content (AvgIpc) is 2.59. The molecule has 0 amide bonds. The van der Waals surface area contributed by atoms with Gasteiger partial charge in [-0.3, -0.25) is 0 Å². The second-order valence-electron chi connectivity index (χ2n) is 1.71. The highest BCUT2D eigenvalue weighted by atomic mass is 32.6. The maximum absolute atomic E-state index is 4.32. The molecule has 3 unspecified atom stereocenters. The molecule has 0 radical (unpaired) electrons. The molecule has 2 heterocycles. The summed E-state index contributed by atoms with van der Waals surface area (Å²) < 4.78 is 8.65. The first-order valence-corrected chi connectivity index (χ1v) is 10.1. The molecular formula is C4H6N2P4. The third-order valence-electron chi connectivity index (χ3n) is 1.08. The van der Waals surface area contributed by atoms with Gasteiger partial charge in [-0.2, -0.15) is 0 Å². The lowest BCUT2D eigenvalue weighted by Gasteiger charge is -2.00. The van der Waals surface area contributed by atoms with Gasteiger partial charge in [-0.25, -0.2) is 9.49 Å². The number of rotatable bonds is 1. The number of nitrogens with zero attached hydrogens (tertiary/aromatic N) is 2. The fourth-order valence-corrected chi connectivity index (χ4v) is 15.3. The first-order chi connectivity index (χ1) is 4.97. The van der Waals surface area contributed by atoms with E-state index in [0.717, 1.165) is 16.2 Å². The van der Waals surface area contributed by atoms with Gasteiger partial charge in [0.15, 0.2) is 0 Å². The molecule has 0 aliphatic carbocycles. The summed E-state index contributed by atoms with van der Waals surface area (Å²) in [4.78, 5) is 0. The van der Waals surface area contributed by atoms with Crippen LogP contribution in [0.2, 0.25) is 0 Å². The van der Waals surface area contributed by atoms with E-state index in [1.807, 2.05) is 12.4 Å². The van der Waals surface area contributed by atoms with Crippen molar-refractivity contribution < 1.29 is 0 Å². The molecule has 6 heteroatoms. The lowest BCUT2D eigenvalue weighted by molar-refractivity contribution is 1.53. The molecule has 1 aromatic heterocycles. The minimum atomic E-state index is -0.310. The second kappa shape index (κ2) is 3.38. The highest BCUT2D eigenvalue weighted by molar-refractivity contribution is 8.68. The standard InChI is InChI=1S/C4H6N2P4/c1-2-6-10(5-1)9-4-3-7-8-9/h1-4,7-8H. The van der Waals surface area contributed by atoms with Crippen LogP contribution in [-0.4, -0.2) is 9.49 Å². The minimum Gasteiger partial charge on any atom is -0.220 e. The van der Waals surface area contributed by atoms with Gasteiger partial charge in [0.25, 0.3) is 0 Å². The van der Waals surface area contributed by atoms with Gasteiger partial charge in [-0.1, -0.05) is 22.0 Å². The molecule has 0 fully saturated rings. The highest BCUT2D eigenvalue weighted by Gasteiger charge is 2.12. The van der Waals surface area contributed by atoms with E-state index >= 15 is 0 Å². The van der Waals surface area contributed by atoms with Crippen LogP contribution in [0.5, 0.6) is 0 Å². The van der Waals surface area contributed by atoms with Gasteiger partial charge in [0, 0.05) is 7.30 Å². The molecule has 1 aliphatic heterocycles. The first-order valence-electron chi connectivity index (χ1n) is 2.80. The van der Waals surface area contributed by atoms with Crippen LogP contribution < -0.4 is 0 Å². The van der Waals surface area contributed by atoms with Gasteiger partial charge in [0.2, 0.25) is 0 Å². The van der Waals surface area contributed by atoms with E-state index < -0.39 is 0 Å². The number of hydrogen-bond donors (Lipinski definition) is 0. The summed E-state index contributed by atoms with van der Waals surface area (Å²) in [6.45, 7) is 0. The lowest BCUT2D eigenvalue weighted by Crippen LogP contribution is -1.49. The number of hydrogen-bond acceptors (Lipinski definition) is 2. The quantitative estimate of drug-likeness (QED) is 0.658. The van der Waals surface area contributed by atoms with Gasteiger partial charge in [-0.05, 0) is 5.82 Å². The molecule has 2 rings (SSSR count). The maximum atomic E-state index is 4.32. The molecule has 0 bridgehead atoms. The topological polar surface area (TPSA) is 25.8 Å². The Balaban J connectivity index is 2.20. The van der Waals surface area contributed by atoms with Crippen LogP contribution in [0.4, 0.5) is 0 Å². The Morgan fingerprint density at radius 2 is 2.00 bits per heavy atom. The molecule has 1 aromatic rings. The van der Waals surface area contributed by atoms with Crippen LogP contribution in [0.1, 0.15) is 0 Å². The van der Waals surface area contributed by atoms with Crippen molar-refractivity contribution in [2.45, 2.75) is 0 Å². The zero-order chi connectivity index (χ0) is 6.81. The summed E-state index contributed by atoms with van der Waals surface area (Å²) in [5.74, 6) is 4.65. The summed E-state index contributed by atoms with van der Waals surface area (Å²) in [5, 5.41) is 0. The van der Waals surface area contributed by atoms with Crippen molar-refractivity contribution in [3.8, 4) is 0 Å². The highest BCUT2D eigenvalue weighted by Crippen LogP contribution is 2.82. The van der Waals surface area contributed by atoms with E-state index in [1.165, 1.54) is 0 Å². The normalized spacial score (nSPS) is 28.6. The number of aromatic nitrogens is 2. The SMILES string of the molecule is C1=CP(p2nccn2)PP1. The van der Waals surface area contributed by atoms with Crippen LogP contribution in [0.15, 0.2) is 24.0 Å². The molecule has 2 nitrogen and oxygen atoms in total. The van der Waals surface area contributed by atoms with Crippen molar-refractivity contribution in [2.24, 2.45) is 0 Å². The smallest absolute Gasteiger partial charge is 0.0974 e. The van der Waals surface area contributed by atoms with Gasteiger partial charge in [0.1, 0.15) is 0 Å². The van der Waals surface area contributed by atoms with E-state index in [1.54, 1.807) is 0 Å². The third kappa shape index (κ3) is 1.46. The minimum absolute atomic E-state index is 0.0823. The summed E-state index contributed by atoms with van der Waals surface area (Å²) in [6, 6.07) is 0. The van der Waals surface area contributed by atoms with E-state index in [-0.39, 0.29) is 14.8 Å². The molecule has 0 spiro atoms. The van der Waals surface area contributed by atoms with Gasteiger partial charge in [-0.15, -0.1) is 0 Å². The average molecular weight is 206 g/mol. The molecule has 0 saturated carbocycles. The van der Waals surface area contributed by atoms with Crippen LogP contribution in [0.25, 0.3) is 0 Å². The first kappa shape index (κ1) is 7.33. The van der Waals surface area contributed by atoms with E-state index in [9.17, 15) is 0 Å². The Morgan fingerprint density at radius 3 is 2.60 bits per heavy atom.